The molecule has 1 N–H and O–H groups in total. The molecule has 1 atom stereocenters. The predicted molar refractivity (Wildman–Crippen MR) is 71.6 cm³/mol. The second-order valence-corrected chi connectivity index (χ2v) is 4.66. The fourth-order valence-electron chi connectivity index (χ4n) is 1.84. The number of aryl methyl sites for hydroxylation is 1. The number of imidazole rings is 1. The molecule has 102 valence electrons. The highest BCUT2D eigenvalue weighted by Gasteiger charge is 2.10. The average Bonchev–Trinajstić information content (AvgIpc) is 3.06. The summed E-state index contributed by atoms with van der Waals surface area (Å²) < 4.78 is 3.75. The van der Waals surface area contributed by atoms with E-state index in [9.17, 15) is 4.79 Å². The van der Waals surface area contributed by atoms with Crippen LogP contribution >= 0.6 is 0 Å². The van der Waals surface area contributed by atoms with E-state index < -0.39 is 0 Å². The Kier molecular flexibility index (Phi) is 4.33. The first-order valence-electron chi connectivity index (χ1n) is 6.45. The van der Waals surface area contributed by atoms with Gasteiger partial charge < -0.3 is 9.88 Å². The first-order chi connectivity index (χ1) is 9.19. The van der Waals surface area contributed by atoms with E-state index in [1.54, 1.807) is 29.6 Å². The van der Waals surface area contributed by atoms with E-state index in [-0.39, 0.29) is 5.91 Å². The van der Waals surface area contributed by atoms with E-state index in [0.29, 0.717) is 18.0 Å². The van der Waals surface area contributed by atoms with Crippen LogP contribution in [0.1, 0.15) is 24.2 Å². The summed E-state index contributed by atoms with van der Waals surface area (Å²) in [6, 6.07) is 0. The lowest BCUT2D eigenvalue weighted by Gasteiger charge is -2.12. The molecule has 2 aromatic heterocycles. The van der Waals surface area contributed by atoms with Crippen molar-refractivity contribution in [2.75, 3.05) is 6.54 Å². The van der Waals surface area contributed by atoms with Crippen molar-refractivity contribution in [2.24, 2.45) is 5.92 Å². The third-order valence-corrected chi connectivity index (χ3v) is 2.91. The summed E-state index contributed by atoms with van der Waals surface area (Å²) in [5.74, 6) is 0.275. The molecular formula is C13H19N5O. The Balaban J connectivity index is 1.79. The maximum Gasteiger partial charge on any atom is 0.254 e. The van der Waals surface area contributed by atoms with E-state index in [2.05, 4.69) is 22.3 Å². The summed E-state index contributed by atoms with van der Waals surface area (Å²) in [6.45, 7) is 6.32. The second-order valence-electron chi connectivity index (χ2n) is 4.66. The van der Waals surface area contributed by atoms with E-state index in [0.717, 1.165) is 13.1 Å². The lowest BCUT2D eigenvalue weighted by Crippen LogP contribution is -2.29. The average molecular weight is 261 g/mol. The largest absolute Gasteiger partial charge is 0.352 e. The molecule has 0 bridgehead atoms. The quantitative estimate of drug-likeness (QED) is 0.848. The molecule has 0 fully saturated rings. The first kappa shape index (κ1) is 13.3. The molecule has 6 nitrogen and oxygen atoms in total. The summed E-state index contributed by atoms with van der Waals surface area (Å²) in [7, 11) is 0. The van der Waals surface area contributed by atoms with Crippen molar-refractivity contribution in [2.45, 2.75) is 26.9 Å². The molecule has 0 aliphatic carbocycles. The maximum absolute atomic E-state index is 11.9. The molecule has 0 radical (unpaired) electrons. The molecule has 2 rings (SSSR count). The van der Waals surface area contributed by atoms with Gasteiger partial charge in [0.05, 0.1) is 18.1 Å². The van der Waals surface area contributed by atoms with Gasteiger partial charge in [0.1, 0.15) is 0 Å². The van der Waals surface area contributed by atoms with E-state index in [4.69, 9.17) is 0 Å². The zero-order valence-electron chi connectivity index (χ0n) is 11.3. The van der Waals surface area contributed by atoms with Gasteiger partial charge in [0.2, 0.25) is 0 Å². The molecule has 1 amide bonds. The van der Waals surface area contributed by atoms with Crippen LogP contribution in [0.15, 0.2) is 31.1 Å². The van der Waals surface area contributed by atoms with Crippen LogP contribution in [0.3, 0.4) is 0 Å². The van der Waals surface area contributed by atoms with Gasteiger partial charge in [0, 0.05) is 38.2 Å². The van der Waals surface area contributed by atoms with Crippen molar-refractivity contribution < 1.29 is 4.79 Å². The van der Waals surface area contributed by atoms with Crippen molar-refractivity contribution in [3.63, 3.8) is 0 Å². The van der Waals surface area contributed by atoms with Crippen LogP contribution in [-0.2, 0) is 13.1 Å². The number of aromatic nitrogens is 4. The van der Waals surface area contributed by atoms with Gasteiger partial charge in [0.25, 0.3) is 5.91 Å². The zero-order valence-corrected chi connectivity index (χ0v) is 11.3. The number of carbonyl (C=O) groups excluding carboxylic acids is 1. The number of rotatable bonds is 6. The molecule has 0 aliphatic heterocycles. The zero-order chi connectivity index (χ0) is 13.7. The third kappa shape index (κ3) is 3.67. The Morgan fingerprint density at radius 3 is 3.00 bits per heavy atom. The lowest BCUT2D eigenvalue weighted by molar-refractivity contribution is 0.0947. The molecular weight excluding hydrogens is 242 g/mol. The second kappa shape index (κ2) is 6.17. The Morgan fingerprint density at radius 2 is 2.37 bits per heavy atom. The Labute approximate surface area is 112 Å². The summed E-state index contributed by atoms with van der Waals surface area (Å²) in [5, 5.41) is 7.01. The predicted octanol–water partition coefficient (Wildman–Crippen LogP) is 1.17. The van der Waals surface area contributed by atoms with Gasteiger partial charge in [-0.05, 0) is 12.8 Å². The fraction of sp³-hybridized carbons (Fsp3) is 0.462. The van der Waals surface area contributed by atoms with Crippen molar-refractivity contribution in [3.05, 3.63) is 36.7 Å². The van der Waals surface area contributed by atoms with E-state index in [1.807, 2.05) is 17.7 Å². The number of carbonyl (C=O) groups is 1. The third-order valence-electron chi connectivity index (χ3n) is 2.91. The van der Waals surface area contributed by atoms with Crippen molar-refractivity contribution in [1.29, 1.82) is 0 Å². The van der Waals surface area contributed by atoms with Gasteiger partial charge in [-0.25, -0.2) is 4.98 Å². The van der Waals surface area contributed by atoms with Crippen LogP contribution < -0.4 is 5.32 Å². The normalized spacial score (nSPS) is 12.3. The van der Waals surface area contributed by atoms with E-state index in [1.165, 1.54) is 0 Å². The molecule has 0 unspecified atom stereocenters. The van der Waals surface area contributed by atoms with Crippen LogP contribution in [0.25, 0.3) is 0 Å². The van der Waals surface area contributed by atoms with Gasteiger partial charge in [-0.15, -0.1) is 0 Å². The van der Waals surface area contributed by atoms with Crippen LogP contribution in [0.2, 0.25) is 0 Å². The lowest BCUT2D eigenvalue weighted by atomic mass is 10.2. The molecule has 2 aromatic rings. The molecule has 6 heteroatoms. The minimum atomic E-state index is -0.0721. The molecule has 0 aromatic carbocycles. The first-order valence-corrected chi connectivity index (χ1v) is 6.45. The SMILES string of the molecule is CCn1cc(C(=O)NC[C@@H](C)Cn2ccnc2)cn1. The minimum absolute atomic E-state index is 0.0721. The number of amides is 1. The Hall–Kier alpha value is -2.11. The molecule has 19 heavy (non-hydrogen) atoms. The van der Waals surface area contributed by atoms with Gasteiger partial charge in [-0.1, -0.05) is 6.92 Å². The summed E-state index contributed by atoms with van der Waals surface area (Å²) >= 11 is 0. The Morgan fingerprint density at radius 1 is 1.53 bits per heavy atom. The van der Waals surface area contributed by atoms with Gasteiger partial charge in [0.15, 0.2) is 0 Å². The van der Waals surface area contributed by atoms with Gasteiger partial charge >= 0.3 is 0 Å². The standard InChI is InChI=1S/C13H19N5O/c1-3-18-9-12(7-16-18)13(19)15-6-11(2)8-17-5-4-14-10-17/h4-5,7,9-11H,3,6,8H2,1-2H3,(H,15,19)/t11-/m1/s1. The fourth-order valence-corrected chi connectivity index (χ4v) is 1.84. The monoisotopic (exact) mass is 261 g/mol. The molecule has 0 spiro atoms. The minimum Gasteiger partial charge on any atom is -0.352 e. The maximum atomic E-state index is 11.9. The highest BCUT2D eigenvalue weighted by Crippen LogP contribution is 2.01. The van der Waals surface area contributed by atoms with Gasteiger partial charge in [-0.3, -0.25) is 9.48 Å². The molecule has 0 saturated heterocycles. The van der Waals surface area contributed by atoms with Crippen molar-refractivity contribution in [1.82, 2.24) is 24.6 Å². The van der Waals surface area contributed by atoms with Crippen LogP contribution in [0.4, 0.5) is 0 Å². The Bertz CT molecular complexity index is 517. The summed E-state index contributed by atoms with van der Waals surface area (Å²) in [4.78, 5) is 15.9. The number of hydrogen-bond donors (Lipinski definition) is 1. The van der Waals surface area contributed by atoms with Crippen LogP contribution in [0, 0.1) is 5.92 Å². The molecule has 0 saturated carbocycles. The van der Waals surface area contributed by atoms with Gasteiger partial charge in [-0.2, -0.15) is 5.10 Å². The topological polar surface area (TPSA) is 64.7 Å². The van der Waals surface area contributed by atoms with Crippen LogP contribution in [0.5, 0.6) is 0 Å². The number of nitrogens with one attached hydrogen (secondary N) is 1. The van der Waals surface area contributed by atoms with Crippen LogP contribution in [-0.4, -0.2) is 31.8 Å². The number of hydrogen-bond acceptors (Lipinski definition) is 3. The van der Waals surface area contributed by atoms with Crippen molar-refractivity contribution in [3.8, 4) is 0 Å². The van der Waals surface area contributed by atoms with E-state index >= 15 is 0 Å². The summed E-state index contributed by atoms with van der Waals surface area (Å²) in [5.41, 5.74) is 0.608. The number of nitrogens with zero attached hydrogens (tertiary/aromatic N) is 4. The summed E-state index contributed by atoms with van der Waals surface area (Å²) in [6.07, 6.45) is 8.81. The van der Waals surface area contributed by atoms with Crippen molar-refractivity contribution >= 4 is 5.91 Å². The molecule has 2 heterocycles. The highest BCUT2D eigenvalue weighted by molar-refractivity contribution is 5.93. The molecule has 0 aliphatic rings. The smallest absolute Gasteiger partial charge is 0.254 e. The highest BCUT2D eigenvalue weighted by atomic mass is 16.1.